The average molecular weight is 235 g/mol. The standard InChI is InChI=1S/C13H21N3O/c1-5-14-11-6-7-15-12(8-11)13(17)16(4)9-10(2)3/h6-8,10H,5,9H2,1-4H3,(H,14,15). The van der Waals surface area contributed by atoms with Crippen LogP contribution in [0.1, 0.15) is 31.3 Å². The number of hydrogen-bond acceptors (Lipinski definition) is 3. The highest BCUT2D eigenvalue weighted by Crippen LogP contribution is 2.10. The molecule has 0 atom stereocenters. The molecule has 0 aliphatic heterocycles. The van der Waals surface area contributed by atoms with Crippen molar-refractivity contribution in [3.63, 3.8) is 0 Å². The number of pyridine rings is 1. The SMILES string of the molecule is CCNc1ccnc(C(=O)N(C)CC(C)C)c1. The quantitative estimate of drug-likeness (QED) is 0.851. The Labute approximate surface area is 103 Å². The van der Waals surface area contributed by atoms with E-state index in [0.29, 0.717) is 11.6 Å². The molecule has 0 aliphatic rings. The molecule has 0 aliphatic carbocycles. The molecule has 4 heteroatoms. The third-order valence-electron chi connectivity index (χ3n) is 2.35. The van der Waals surface area contributed by atoms with Crippen LogP contribution in [0.5, 0.6) is 0 Å². The number of amides is 1. The van der Waals surface area contributed by atoms with Gasteiger partial charge in [0.15, 0.2) is 0 Å². The molecule has 0 aromatic carbocycles. The number of anilines is 1. The van der Waals surface area contributed by atoms with Crippen molar-refractivity contribution in [3.05, 3.63) is 24.0 Å². The van der Waals surface area contributed by atoms with Crippen LogP contribution in [0, 0.1) is 5.92 Å². The highest BCUT2D eigenvalue weighted by molar-refractivity contribution is 5.92. The zero-order valence-corrected chi connectivity index (χ0v) is 11.0. The zero-order valence-electron chi connectivity index (χ0n) is 11.0. The van der Waals surface area contributed by atoms with E-state index < -0.39 is 0 Å². The van der Waals surface area contributed by atoms with Crippen molar-refractivity contribution in [2.75, 3.05) is 25.5 Å². The fourth-order valence-corrected chi connectivity index (χ4v) is 1.69. The second kappa shape index (κ2) is 6.23. The van der Waals surface area contributed by atoms with E-state index in [0.717, 1.165) is 18.8 Å². The summed E-state index contributed by atoms with van der Waals surface area (Å²) < 4.78 is 0. The van der Waals surface area contributed by atoms with Crippen molar-refractivity contribution in [3.8, 4) is 0 Å². The topological polar surface area (TPSA) is 45.2 Å². The number of hydrogen-bond donors (Lipinski definition) is 1. The van der Waals surface area contributed by atoms with E-state index in [1.54, 1.807) is 17.2 Å². The molecular weight excluding hydrogens is 214 g/mol. The Bertz CT molecular complexity index is 377. The van der Waals surface area contributed by atoms with Crippen molar-refractivity contribution in [1.29, 1.82) is 0 Å². The first-order valence-corrected chi connectivity index (χ1v) is 6.00. The van der Waals surface area contributed by atoms with Gasteiger partial charge in [-0.1, -0.05) is 13.8 Å². The molecule has 1 heterocycles. The van der Waals surface area contributed by atoms with Crippen LogP contribution in [0.4, 0.5) is 5.69 Å². The Morgan fingerprint density at radius 2 is 2.24 bits per heavy atom. The van der Waals surface area contributed by atoms with Crippen LogP contribution in [-0.2, 0) is 0 Å². The van der Waals surface area contributed by atoms with Crippen LogP contribution in [-0.4, -0.2) is 35.9 Å². The Hall–Kier alpha value is -1.58. The van der Waals surface area contributed by atoms with Crippen molar-refractivity contribution >= 4 is 11.6 Å². The van der Waals surface area contributed by atoms with Crippen LogP contribution in [0.25, 0.3) is 0 Å². The maximum atomic E-state index is 12.1. The predicted octanol–water partition coefficient (Wildman–Crippen LogP) is 2.24. The van der Waals surface area contributed by atoms with Gasteiger partial charge in [-0.25, -0.2) is 0 Å². The third kappa shape index (κ3) is 4.06. The summed E-state index contributed by atoms with van der Waals surface area (Å²) in [5.74, 6) is 0.430. The molecular formula is C13H21N3O. The number of carbonyl (C=O) groups excluding carboxylic acids is 1. The Balaban J connectivity index is 2.77. The minimum Gasteiger partial charge on any atom is -0.385 e. The monoisotopic (exact) mass is 235 g/mol. The maximum Gasteiger partial charge on any atom is 0.272 e. The second-order valence-electron chi connectivity index (χ2n) is 4.54. The predicted molar refractivity (Wildman–Crippen MR) is 70.2 cm³/mol. The molecule has 1 N–H and O–H groups in total. The highest BCUT2D eigenvalue weighted by Gasteiger charge is 2.14. The summed E-state index contributed by atoms with van der Waals surface area (Å²) >= 11 is 0. The lowest BCUT2D eigenvalue weighted by Crippen LogP contribution is -2.30. The molecule has 94 valence electrons. The van der Waals surface area contributed by atoms with Gasteiger partial charge in [0.1, 0.15) is 5.69 Å². The fourth-order valence-electron chi connectivity index (χ4n) is 1.69. The lowest BCUT2D eigenvalue weighted by atomic mass is 10.2. The van der Waals surface area contributed by atoms with Crippen LogP contribution in [0.15, 0.2) is 18.3 Å². The van der Waals surface area contributed by atoms with Gasteiger partial charge in [0.25, 0.3) is 5.91 Å². The van der Waals surface area contributed by atoms with Crippen LogP contribution < -0.4 is 5.32 Å². The summed E-state index contributed by atoms with van der Waals surface area (Å²) in [5.41, 5.74) is 1.43. The van der Waals surface area contributed by atoms with E-state index in [9.17, 15) is 4.79 Å². The summed E-state index contributed by atoms with van der Waals surface area (Å²) in [6.07, 6.45) is 1.66. The molecule has 0 saturated carbocycles. The van der Waals surface area contributed by atoms with Crippen molar-refractivity contribution < 1.29 is 4.79 Å². The van der Waals surface area contributed by atoms with Crippen molar-refractivity contribution in [2.24, 2.45) is 5.92 Å². The Kier molecular flexibility index (Phi) is 4.94. The van der Waals surface area contributed by atoms with Crippen LogP contribution in [0.3, 0.4) is 0 Å². The molecule has 1 aromatic rings. The number of aromatic nitrogens is 1. The Morgan fingerprint density at radius 3 is 2.82 bits per heavy atom. The molecule has 0 fully saturated rings. The molecule has 0 radical (unpaired) electrons. The lowest BCUT2D eigenvalue weighted by molar-refractivity contribution is 0.0773. The molecule has 1 rings (SSSR count). The average Bonchev–Trinajstić information content (AvgIpc) is 2.28. The zero-order chi connectivity index (χ0) is 12.8. The van der Waals surface area contributed by atoms with Gasteiger partial charge in [0.2, 0.25) is 0 Å². The van der Waals surface area contributed by atoms with E-state index in [4.69, 9.17) is 0 Å². The maximum absolute atomic E-state index is 12.1. The molecule has 1 aromatic heterocycles. The smallest absolute Gasteiger partial charge is 0.272 e. The summed E-state index contributed by atoms with van der Waals surface area (Å²) in [6.45, 7) is 7.77. The van der Waals surface area contributed by atoms with Gasteiger partial charge in [0, 0.05) is 32.0 Å². The summed E-state index contributed by atoms with van der Waals surface area (Å²) in [6, 6.07) is 3.66. The van der Waals surface area contributed by atoms with Gasteiger partial charge in [0.05, 0.1) is 0 Å². The minimum atomic E-state index is -0.0292. The first-order chi connectivity index (χ1) is 8.04. The number of carbonyl (C=O) groups is 1. The summed E-state index contributed by atoms with van der Waals surface area (Å²) in [4.78, 5) is 17.9. The molecule has 0 saturated heterocycles. The van der Waals surface area contributed by atoms with E-state index >= 15 is 0 Å². The first-order valence-electron chi connectivity index (χ1n) is 6.00. The van der Waals surface area contributed by atoms with Gasteiger partial charge in [-0.3, -0.25) is 9.78 Å². The molecule has 0 unspecified atom stereocenters. The highest BCUT2D eigenvalue weighted by atomic mass is 16.2. The number of nitrogens with zero attached hydrogens (tertiary/aromatic N) is 2. The molecule has 17 heavy (non-hydrogen) atoms. The van der Waals surface area contributed by atoms with Crippen molar-refractivity contribution in [1.82, 2.24) is 9.88 Å². The minimum absolute atomic E-state index is 0.0292. The Morgan fingerprint density at radius 1 is 1.53 bits per heavy atom. The van der Waals surface area contributed by atoms with Crippen LogP contribution >= 0.6 is 0 Å². The van der Waals surface area contributed by atoms with Crippen molar-refractivity contribution in [2.45, 2.75) is 20.8 Å². The van der Waals surface area contributed by atoms with Gasteiger partial charge in [-0.15, -0.1) is 0 Å². The molecule has 0 spiro atoms. The van der Waals surface area contributed by atoms with E-state index in [-0.39, 0.29) is 5.91 Å². The van der Waals surface area contributed by atoms with Gasteiger partial charge >= 0.3 is 0 Å². The fraction of sp³-hybridized carbons (Fsp3) is 0.538. The van der Waals surface area contributed by atoms with Gasteiger partial charge in [-0.05, 0) is 25.0 Å². The molecule has 4 nitrogen and oxygen atoms in total. The summed E-state index contributed by atoms with van der Waals surface area (Å²) in [7, 11) is 1.81. The summed E-state index contributed by atoms with van der Waals surface area (Å²) in [5, 5.41) is 3.17. The van der Waals surface area contributed by atoms with Crippen LogP contribution in [0.2, 0.25) is 0 Å². The first kappa shape index (κ1) is 13.5. The van der Waals surface area contributed by atoms with Gasteiger partial charge in [-0.2, -0.15) is 0 Å². The number of nitrogens with one attached hydrogen (secondary N) is 1. The van der Waals surface area contributed by atoms with E-state index in [2.05, 4.69) is 24.1 Å². The normalized spacial score (nSPS) is 10.4. The third-order valence-corrected chi connectivity index (χ3v) is 2.35. The van der Waals surface area contributed by atoms with E-state index in [1.807, 2.05) is 20.0 Å². The second-order valence-corrected chi connectivity index (χ2v) is 4.54. The van der Waals surface area contributed by atoms with E-state index in [1.165, 1.54) is 0 Å². The molecule has 0 bridgehead atoms. The van der Waals surface area contributed by atoms with Gasteiger partial charge < -0.3 is 10.2 Å². The number of rotatable bonds is 5. The lowest BCUT2D eigenvalue weighted by Gasteiger charge is -2.19. The molecule has 1 amide bonds. The largest absolute Gasteiger partial charge is 0.385 e.